The fourth-order valence-electron chi connectivity index (χ4n) is 3.78. The average molecular weight is 506 g/mol. The Morgan fingerprint density at radius 1 is 1.23 bits per heavy atom. The van der Waals surface area contributed by atoms with E-state index in [9.17, 15) is 14.6 Å². The lowest BCUT2D eigenvalue weighted by Gasteiger charge is -2.27. The Balaban J connectivity index is 1.31. The van der Waals surface area contributed by atoms with Gasteiger partial charge < -0.3 is 34.3 Å². The average Bonchev–Trinajstić information content (AvgIpc) is 3.41. The van der Waals surface area contributed by atoms with Crippen LogP contribution in [0.25, 0.3) is 11.2 Å². The summed E-state index contributed by atoms with van der Waals surface area (Å²) in [5.74, 6) is 0.815. The van der Waals surface area contributed by atoms with Crippen LogP contribution in [-0.2, 0) is 23.8 Å². The number of anilines is 1. The summed E-state index contributed by atoms with van der Waals surface area (Å²) in [6.07, 6.45) is 0.359. The van der Waals surface area contributed by atoms with Crippen LogP contribution in [0.2, 0.25) is 0 Å². The summed E-state index contributed by atoms with van der Waals surface area (Å²) in [6, 6.07) is 7.59. The molecule has 35 heavy (non-hydrogen) atoms. The van der Waals surface area contributed by atoms with Gasteiger partial charge in [0, 0.05) is 6.42 Å². The second-order valence-corrected chi connectivity index (χ2v) is 10.5. The van der Waals surface area contributed by atoms with Gasteiger partial charge in [-0.05, 0) is 23.1 Å². The number of hydrogen-bond donors (Lipinski definition) is 2. The van der Waals surface area contributed by atoms with Crippen LogP contribution in [-0.4, -0.2) is 56.7 Å². The normalized spacial score (nSPS) is 22.4. The first-order valence-corrected chi connectivity index (χ1v) is 12.6. The summed E-state index contributed by atoms with van der Waals surface area (Å²) in [7, 11) is -4.69. The minimum absolute atomic E-state index is 0.0137. The summed E-state index contributed by atoms with van der Waals surface area (Å²) in [4.78, 5) is 24.6. The molecule has 1 unspecified atom stereocenters. The lowest BCUT2D eigenvalue weighted by Crippen LogP contribution is -2.29. The van der Waals surface area contributed by atoms with E-state index in [4.69, 9.17) is 24.3 Å². The highest BCUT2D eigenvalue weighted by atomic mass is 31.2. The highest BCUT2D eigenvalue weighted by molar-refractivity contribution is 7.45. The van der Waals surface area contributed by atoms with Crippen molar-refractivity contribution in [3.05, 3.63) is 42.5 Å². The minimum atomic E-state index is -4.69. The van der Waals surface area contributed by atoms with Gasteiger partial charge in [0.15, 0.2) is 11.5 Å². The molecule has 1 aromatic carbocycles. The molecular formula is C22H29N5O7P-. The van der Waals surface area contributed by atoms with E-state index >= 15 is 0 Å². The highest BCUT2D eigenvalue weighted by Crippen LogP contribution is 2.45. The Kier molecular flexibility index (Phi) is 7.41. The number of rotatable bonds is 9. The Morgan fingerprint density at radius 3 is 2.66 bits per heavy atom. The van der Waals surface area contributed by atoms with Crippen molar-refractivity contribution in [2.45, 2.75) is 51.0 Å². The molecule has 4 atom stereocenters. The minimum Gasteiger partial charge on any atom is -0.756 e. The third-order valence-electron chi connectivity index (χ3n) is 5.64. The topological polar surface area (TPSA) is 167 Å². The van der Waals surface area contributed by atoms with E-state index < -0.39 is 32.9 Å². The Bertz CT molecular complexity index is 1200. The number of imidazole rings is 1. The number of nitrogens with zero attached hydrogens (tertiary/aromatic N) is 4. The van der Waals surface area contributed by atoms with Crippen LogP contribution in [0.3, 0.4) is 0 Å². The van der Waals surface area contributed by atoms with Crippen molar-refractivity contribution < 1.29 is 33.1 Å². The van der Waals surface area contributed by atoms with E-state index in [1.165, 1.54) is 12.7 Å². The zero-order valence-electron chi connectivity index (χ0n) is 19.7. The van der Waals surface area contributed by atoms with E-state index in [2.05, 4.69) is 35.7 Å². The van der Waals surface area contributed by atoms with Crippen molar-refractivity contribution in [1.82, 2.24) is 19.5 Å². The quantitative estimate of drug-likeness (QED) is 0.321. The molecule has 0 aliphatic carbocycles. The number of benzene rings is 1. The van der Waals surface area contributed by atoms with Crippen LogP contribution < -0.4 is 15.4 Å². The predicted octanol–water partition coefficient (Wildman–Crippen LogP) is 1.93. The summed E-state index contributed by atoms with van der Waals surface area (Å²) in [6.45, 7) is 5.68. The second kappa shape index (κ2) is 10.2. The first-order valence-electron chi connectivity index (χ1n) is 11.1. The summed E-state index contributed by atoms with van der Waals surface area (Å²) < 4.78 is 35.5. The molecule has 2 aromatic heterocycles. The fourth-order valence-corrected chi connectivity index (χ4v) is 4.70. The third kappa shape index (κ3) is 5.97. The van der Waals surface area contributed by atoms with Crippen LogP contribution in [0.15, 0.2) is 36.9 Å². The molecule has 0 bridgehead atoms. The molecule has 0 radical (unpaired) electrons. The van der Waals surface area contributed by atoms with Crippen LogP contribution >= 0.6 is 7.82 Å². The summed E-state index contributed by atoms with van der Waals surface area (Å²) >= 11 is 0. The maximum atomic E-state index is 12.4. The molecule has 1 fully saturated rings. The monoisotopic (exact) mass is 506 g/mol. The zero-order valence-corrected chi connectivity index (χ0v) is 20.6. The lowest BCUT2D eigenvalue weighted by atomic mass is 9.87. The van der Waals surface area contributed by atoms with Gasteiger partial charge in [0.1, 0.15) is 36.5 Å². The number of nitrogen functional groups attached to an aromatic ring is 1. The number of aromatic nitrogens is 4. The van der Waals surface area contributed by atoms with Crippen molar-refractivity contribution in [3.63, 3.8) is 0 Å². The van der Waals surface area contributed by atoms with Gasteiger partial charge in [-0.3, -0.25) is 9.13 Å². The third-order valence-corrected chi connectivity index (χ3v) is 6.67. The number of phosphoric acid groups is 1. The standard InChI is InChI=1S/C22H30N5O7P/c1-22(2,3)14-4-6-15(7-5-14)31-8-9-32-35(29,30)34-16-10-18(33-17(16)11-28)27-13-26-19-20(23)24-12-25-21(19)27/h4-7,12-13,16-18,28H,8-11H2,1-3H3,(H,29,30)(H2,23,24,25)/p-1/t16-,17+,18+/m0/s1. The molecule has 0 amide bonds. The Morgan fingerprint density at radius 2 is 1.97 bits per heavy atom. The summed E-state index contributed by atoms with van der Waals surface area (Å²) in [5, 5.41) is 9.69. The SMILES string of the molecule is CC(C)(C)c1ccc(OCCOP(=O)([O-])O[C@H]2C[C@H](n3cnc4c(N)ncnc43)O[C@@H]2CO)cc1. The first kappa shape index (κ1) is 25.5. The largest absolute Gasteiger partial charge is 0.756 e. The van der Waals surface area contributed by atoms with E-state index in [0.717, 1.165) is 5.56 Å². The van der Waals surface area contributed by atoms with E-state index in [1.807, 2.05) is 24.3 Å². The van der Waals surface area contributed by atoms with Gasteiger partial charge >= 0.3 is 0 Å². The van der Waals surface area contributed by atoms with Crippen molar-refractivity contribution >= 4 is 24.8 Å². The smallest absolute Gasteiger partial charge is 0.268 e. The van der Waals surface area contributed by atoms with Crippen molar-refractivity contribution in [2.24, 2.45) is 0 Å². The molecule has 0 saturated carbocycles. The maximum absolute atomic E-state index is 12.4. The van der Waals surface area contributed by atoms with E-state index in [1.54, 1.807) is 4.57 Å². The zero-order chi connectivity index (χ0) is 25.2. The van der Waals surface area contributed by atoms with Gasteiger partial charge in [-0.2, -0.15) is 0 Å². The number of fused-ring (bicyclic) bond motifs is 1. The van der Waals surface area contributed by atoms with Gasteiger partial charge in [0.2, 0.25) is 0 Å². The van der Waals surface area contributed by atoms with E-state index in [0.29, 0.717) is 16.9 Å². The van der Waals surface area contributed by atoms with Crippen LogP contribution in [0.4, 0.5) is 5.82 Å². The first-order chi connectivity index (χ1) is 16.6. The maximum Gasteiger partial charge on any atom is 0.268 e. The number of aliphatic hydroxyl groups excluding tert-OH is 1. The number of phosphoric ester groups is 1. The molecule has 0 spiro atoms. The van der Waals surface area contributed by atoms with Crippen LogP contribution in [0.1, 0.15) is 39.0 Å². The molecule has 13 heteroatoms. The molecule has 4 rings (SSSR count). The molecule has 190 valence electrons. The molecular weight excluding hydrogens is 477 g/mol. The van der Waals surface area contributed by atoms with E-state index in [-0.39, 0.29) is 30.9 Å². The number of hydrogen-bond acceptors (Lipinski definition) is 11. The van der Waals surface area contributed by atoms with Gasteiger partial charge in [0.05, 0.1) is 25.6 Å². The molecule has 3 N–H and O–H groups in total. The molecule has 3 heterocycles. The van der Waals surface area contributed by atoms with Gasteiger partial charge in [-0.1, -0.05) is 32.9 Å². The van der Waals surface area contributed by atoms with Gasteiger partial charge in [-0.25, -0.2) is 15.0 Å². The molecule has 1 saturated heterocycles. The summed E-state index contributed by atoms with van der Waals surface area (Å²) in [5.41, 5.74) is 7.82. The van der Waals surface area contributed by atoms with Crippen LogP contribution in [0.5, 0.6) is 5.75 Å². The van der Waals surface area contributed by atoms with Crippen molar-refractivity contribution in [2.75, 3.05) is 25.6 Å². The number of nitrogens with two attached hydrogens (primary N) is 1. The van der Waals surface area contributed by atoms with Gasteiger partial charge in [-0.15, -0.1) is 0 Å². The molecule has 12 nitrogen and oxygen atoms in total. The lowest BCUT2D eigenvalue weighted by molar-refractivity contribution is -0.231. The predicted molar refractivity (Wildman–Crippen MR) is 124 cm³/mol. The van der Waals surface area contributed by atoms with Crippen LogP contribution in [0, 0.1) is 0 Å². The second-order valence-electron chi connectivity index (χ2n) is 9.18. The Hall–Kier alpha value is -2.60. The highest BCUT2D eigenvalue weighted by Gasteiger charge is 2.39. The van der Waals surface area contributed by atoms with Crippen molar-refractivity contribution in [3.8, 4) is 5.75 Å². The molecule has 1 aliphatic rings. The van der Waals surface area contributed by atoms with Crippen molar-refractivity contribution in [1.29, 1.82) is 0 Å². The number of aliphatic hydroxyl groups is 1. The number of ether oxygens (including phenoxy) is 2. The molecule has 1 aliphatic heterocycles. The van der Waals surface area contributed by atoms with Gasteiger partial charge in [0.25, 0.3) is 7.82 Å². The fraction of sp³-hybridized carbons (Fsp3) is 0.500. The molecule has 3 aromatic rings. The Labute approximate surface area is 202 Å².